The van der Waals surface area contributed by atoms with Crippen molar-refractivity contribution < 1.29 is 19.1 Å². The molecule has 4 rings (SSSR count). The van der Waals surface area contributed by atoms with Crippen LogP contribution in [0.5, 0.6) is 11.5 Å². The number of rotatable bonds is 7. The molecule has 1 aliphatic heterocycles. The van der Waals surface area contributed by atoms with Gasteiger partial charge in [-0.05, 0) is 54.3 Å². The van der Waals surface area contributed by atoms with Gasteiger partial charge in [-0.2, -0.15) is 0 Å². The maximum Gasteiger partial charge on any atom is 0.226 e. The van der Waals surface area contributed by atoms with E-state index < -0.39 is 0 Å². The summed E-state index contributed by atoms with van der Waals surface area (Å²) in [5, 5.41) is 8.24. The molecule has 1 aliphatic rings. The van der Waals surface area contributed by atoms with Crippen molar-refractivity contribution in [3.05, 3.63) is 52.9 Å². The van der Waals surface area contributed by atoms with Gasteiger partial charge in [-0.25, -0.2) is 4.98 Å². The highest BCUT2D eigenvalue weighted by atomic mass is 32.1. The third-order valence-corrected chi connectivity index (χ3v) is 5.91. The number of benzene rings is 2. The molecule has 2 aromatic carbocycles. The summed E-state index contributed by atoms with van der Waals surface area (Å²) in [6, 6.07) is 11.4. The lowest BCUT2D eigenvalue weighted by molar-refractivity contribution is -0.117. The number of thiazole rings is 1. The van der Waals surface area contributed by atoms with E-state index in [0.717, 1.165) is 46.0 Å². The number of carbonyl (C=O) groups is 2. The van der Waals surface area contributed by atoms with E-state index >= 15 is 0 Å². The standard InChI is InChI=1S/C23H23N3O4S/c1-29-17-6-8-20(30-2)16(12-17)5-10-22(28)26-23-25-19(13-31-23)15-3-7-18-14(11-15)4-9-21(27)24-18/h3,6-8,11-13H,4-5,9-10H2,1-2H3,(H,24,27)(H,25,26,28). The van der Waals surface area contributed by atoms with E-state index in [4.69, 9.17) is 9.47 Å². The fourth-order valence-corrected chi connectivity index (χ4v) is 4.25. The maximum atomic E-state index is 12.5. The molecule has 0 saturated carbocycles. The van der Waals surface area contributed by atoms with Gasteiger partial charge in [0.2, 0.25) is 11.8 Å². The molecule has 0 saturated heterocycles. The third-order valence-electron chi connectivity index (χ3n) is 5.16. The van der Waals surface area contributed by atoms with Gasteiger partial charge in [0.15, 0.2) is 5.13 Å². The molecule has 31 heavy (non-hydrogen) atoms. The second-order valence-corrected chi connectivity index (χ2v) is 8.04. The Hall–Kier alpha value is -3.39. The van der Waals surface area contributed by atoms with E-state index in [0.29, 0.717) is 24.4 Å². The molecule has 0 bridgehead atoms. The molecule has 0 radical (unpaired) electrons. The Morgan fingerprint density at radius 2 is 2.03 bits per heavy atom. The summed E-state index contributed by atoms with van der Waals surface area (Å²) in [6.07, 6.45) is 2.04. The Bertz CT molecular complexity index is 1130. The number of amides is 2. The second kappa shape index (κ2) is 9.18. The van der Waals surface area contributed by atoms with Gasteiger partial charge in [-0.1, -0.05) is 6.07 Å². The Morgan fingerprint density at radius 1 is 1.16 bits per heavy atom. The molecule has 0 unspecified atom stereocenters. The van der Waals surface area contributed by atoms with Gasteiger partial charge < -0.3 is 20.1 Å². The van der Waals surface area contributed by atoms with Crippen LogP contribution in [0.15, 0.2) is 41.8 Å². The van der Waals surface area contributed by atoms with Crippen LogP contribution in [0.3, 0.4) is 0 Å². The lowest BCUT2D eigenvalue weighted by atomic mass is 9.99. The number of methoxy groups -OCH3 is 2. The summed E-state index contributed by atoms with van der Waals surface area (Å²) >= 11 is 1.39. The van der Waals surface area contributed by atoms with Gasteiger partial charge in [-0.3, -0.25) is 9.59 Å². The number of nitrogens with zero attached hydrogens (tertiary/aromatic N) is 1. The van der Waals surface area contributed by atoms with Crippen LogP contribution < -0.4 is 20.1 Å². The predicted molar refractivity (Wildman–Crippen MR) is 121 cm³/mol. The molecule has 2 amide bonds. The van der Waals surface area contributed by atoms with Gasteiger partial charge in [0.05, 0.1) is 19.9 Å². The molecule has 0 spiro atoms. The van der Waals surface area contributed by atoms with Gasteiger partial charge in [-0.15, -0.1) is 11.3 Å². The maximum absolute atomic E-state index is 12.5. The fraction of sp³-hybridized carbons (Fsp3) is 0.261. The molecule has 0 atom stereocenters. The van der Waals surface area contributed by atoms with Crippen LogP contribution in [0.25, 0.3) is 11.3 Å². The first-order valence-electron chi connectivity index (χ1n) is 9.95. The van der Waals surface area contributed by atoms with E-state index in [1.807, 2.05) is 41.8 Å². The molecule has 2 N–H and O–H groups in total. The Kier molecular flexibility index (Phi) is 6.18. The monoisotopic (exact) mass is 437 g/mol. The molecular formula is C23H23N3O4S. The summed E-state index contributed by atoms with van der Waals surface area (Å²) in [4.78, 5) is 28.5. The molecule has 7 nitrogen and oxygen atoms in total. The molecule has 3 aromatic rings. The normalized spacial score (nSPS) is 12.6. The molecule has 2 heterocycles. The summed E-state index contributed by atoms with van der Waals surface area (Å²) in [6.45, 7) is 0. The minimum absolute atomic E-state index is 0.0467. The van der Waals surface area contributed by atoms with Crippen molar-refractivity contribution in [2.24, 2.45) is 0 Å². The molecular weight excluding hydrogens is 414 g/mol. The first-order chi connectivity index (χ1) is 15.1. The molecule has 160 valence electrons. The van der Waals surface area contributed by atoms with Crippen LogP contribution in [-0.2, 0) is 22.4 Å². The first kappa shape index (κ1) is 20.9. The molecule has 8 heteroatoms. The SMILES string of the molecule is COc1ccc(OC)c(CCC(=O)Nc2nc(-c3ccc4c(c3)CCC(=O)N4)cs2)c1. The number of nitrogens with one attached hydrogen (secondary N) is 2. The zero-order valence-corrected chi connectivity index (χ0v) is 18.2. The van der Waals surface area contributed by atoms with Gasteiger partial charge >= 0.3 is 0 Å². The van der Waals surface area contributed by atoms with Crippen molar-refractivity contribution in [3.63, 3.8) is 0 Å². The van der Waals surface area contributed by atoms with Crippen molar-refractivity contribution in [2.45, 2.75) is 25.7 Å². The van der Waals surface area contributed by atoms with Crippen LogP contribution in [0.2, 0.25) is 0 Å². The molecule has 1 aromatic heterocycles. The van der Waals surface area contributed by atoms with E-state index in [9.17, 15) is 9.59 Å². The Morgan fingerprint density at radius 3 is 2.84 bits per heavy atom. The van der Waals surface area contributed by atoms with E-state index in [1.54, 1.807) is 14.2 Å². The lowest BCUT2D eigenvalue weighted by Crippen LogP contribution is -2.18. The average molecular weight is 438 g/mol. The van der Waals surface area contributed by atoms with E-state index in [2.05, 4.69) is 15.6 Å². The number of aromatic nitrogens is 1. The summed E-state index contributed by atoms with van der Waals surface area (Å²) in [5.41, 5.74) is 4.64. The Balaban J connectivity index is 1.39. The summed E-state index contributed by atoms with van der Waals surface area (Å²) < 4.78 is 10.6. The predicted octanol–water partition coefficient (Wildman–Crippen LogP) is 4.28. The zero-order chi connectivity index (χ0) is 21.8. The quantitative estimate of drug-likeness (QED) is 0.576. The van der Waals surface area contributed by atoms with Crippen LogP contribution in [0, 0.1) is 0 Å². The summed E-state index contributed by atoms with van der Waals surface area (Å²) in [5.74, 6) is 1.39. The van der Waals surface area contributed by atoms with Crippen molar-refractivity contribution in [1.82, 2.24) is 4.98 Å². The van der Waals surface area contributed by atoms with Crippen LogP contribution in [0.4, 0.5) is 10.8 Å². The van der Waals surface area contributed by atoms with Crippen LogP contribution in [-0.4, -0.2) is 31.0 Å². The topological polar surface area (TPSA) is 89.6 Å². The number of carbonyl (C=O) groups excluding carboxylic acids is 2. The van der Waals surface area contributed by atoms with E-state index in [-0.39, 0.29) is 11.8 Å². The third kappa shape index (κ3) is 4.86. The lowest BCUT2D eigenvalue weighted by Gasteiger charge is -2.17. The average Bonchev–Trinajstić information content (AvgIpc) is 3.25. The van der Waals surface area contributed by atoms with Crippen LogP contribution in [0.1, 0.15) is 24.0 Å². The van der Waals surface area contributed by atoms with Gasteiger partial charge in [0.25, 0.3) is 0 Å². The minimum Gasteiger partial charge on any atom is -0.497 e. The molecule has 0 fully saturated rings. The van der Waals surface area contributed by atoms with Crippen molar-refractivity contribution in [3.8, 4) is 22.8 Å². The Labute approximate surface area is 184 Å². The highest BCUT2D eigenvalue weighted by molar-refractivity contribution is 7.14. The number of hydrogen-bond acceptors (Lipinski definition) is 6. The van der Waals surface area contributed by atoms with E-state index in [1.165, 1.54) is 11.3 Å². The molecule has 0 aliphatic carbocycles. The number of anilines is 2. The smallest absolute Gasteiger partial charge is 0.226 e. The minimum atomic E-state index is -0.112. The highest BCUT2D eigenvalue weighted by Gasteiger charge is 2.16. The summed E-state index contributed by atoms with van der Waals surface area (Å²) in [7, 11) is 3.22. The van der Waals surface area contributed by atoms with Crippen molar-refractivity contribution >= 4 is 34.0 Å². The van der Waals surface area contributed by atoms with Gasteiger partial charge in [0.1, 0.15) is 11.5 Å². The number of hydrogen-bond donors (Lipinski definition) is 2. The van der Waals surface area contributed by atoms with Crippen LogP contribution >= 0.6 is 11.3 Å². The van der Waals surface area contributed by atoms with Crippen molar-refractivity contribution in [2.75, 3.05) is 24.9 Å². The first-order valence-corrected chi connectivity index (χ1v) is 10.8. The zero-order valence-electron chi connectivity index (χ0n) is 17.4. The fourth-order valence-electron chi connectivity index (χ4n) is 3.51. The number of fused-ring (bicyclic) bond motifs is 1. The largest absolute Gasteiger partial charge is 0.497 e. The van der Waals surface area contributed by atoms with Gasteiger partial charge in [0, 0.05) is 29.5 Å². The highest BCUT2D eigenvalue weighted by Crippen LogP contribution is 2.31. The number of ether oxygens (including phenoxy) is 2. The van der Waals surface area contributed by atoms with Crippen molar-refractivity contribution in [1.29, 1.82) is 0 Å². The number of aryl methyl sites for hydroxylation is 2. The second-order valence-electron chi connectivity index (χ2n) is 7.18.